The lowest BCUT2D eigenvalue weighted by atomic mass is 10.1. The number of carbonyl (C=O) groups excluding carboxylic acids is 4. The average Bonchev–Trinajstić information content (AvgIpc) is 0.911. The van der Waals surface area contributed by atoms with Crippen LogP contribution in [-0.4, -0.2) is 96.7 Å². The van der Waals surface area contributed by atoms with E-state index in [0.717, 1.165) is 186 Å². The molecule has 0 saturated heterocycles. The van der Waals surface area contributed by atoms with Crippen LogP contribution in [0.3, 0.4) is 0 Å². The van der Waals surface area contributed by atoms with E-state index in [9.17, 15) is 43.2 Å². The summed E-state index contributed by atoms with van der Waals surface area (Å²) in [7, 11) is -10.00. The summed E-state index contributed by atoms with van der Waals surface area (Å²) in [4.78, 5) is 73.3. The molecule has 110 heavy (non-hydrogen) atoms. The molecule has 0 saturated carbocycles. The number of aliphatic hydroxyl groups is 1. The maximum absolute atomic E-state index is 13.2. The minimum Gasteiger partial charge on any atom is -0.462 e. The second kappa shape index (κ2) is 81.9. The lowest BCUT2D eigenvalue weighted by molar-refractivity contribution is -0.161. The molecule has 0 radical (unpaired) electrons. The molecule has 0 aliphatic rings. The summed E-state index contributed by atoms with van der Waals surface area (Å²) in [5, 5.41) is 10.7. The zero-order valence-corrected chi connectivity index (χ0v) is 70.9. The van der Waals surface area contributed by atoms with E-state index in [2.05, 4.69) is 161 Å². The zero-order chi connectivity index (χ0) is 80.3. The molecule has 19 heteroatoms. The Labute approximate surface area is 668 Å². The number of unbranched alkanes of at least 4 members (excludes halogenated alkanes) is 30. The van der Waals surface area contributed by atoms with E-state index in [1.54, 1.807) is 0 Å². The van der Waals surface area contributed by atoms with Crippen LogP contribution in [0.5, 0.6) is 0 Å². The van der Waals surface area contributed by atoms with Gasteiger partial charge in [-0.05, 0) is 167 Å². The number of hydrogen-bond acceptors (Lipinski definition) is 15. The van der Waals surface area contributed by atoms with E-state index >= 15 is 0 Å². The number of rotatable bonds is 80. The number of phosphoric acid groups is 2. The van der Waals surface area contributed by atoms with Gasteiger partial charge in [0.05, 0.1) is 26.4 Å². The summed E-state index contributed by atoms with van der Waals surface area (Å²) < 4.78 is 68.8. The third kappa shape index (κ3) is 81.0. The Morgan fingerprint density at radius 2 is 0.482 bits per heavy atom. The lowest BCUT2D eigenvalue weighted by Gasteiger charge is -2.21. The number of phosphoric ester groups is 2. The molecular weight excluding hydrogens is 1430 g/mol. The van der Waals surface area contributed by atoms with Gasteiger partial charge in [0.25, 0.3) is 0 Å². The van der Waals surface area contributed by atoms with Crippen molar-refractivity contribution in [2.75, 3.05) is 39.6 Å². The van der Waals surface area contributed by atoms with E-state index in [1.807, 2.05) is 12.2 Å². The first-order valence-electron chi connectivity index (χ1n) is 43.1. The van der Waals surface area contributed by atoms with Crippen molar-refractivity contribution < 1.29 is 80.2 Å². The molecule has 0 rings (SSSR count). The van der Waals surface area contributed by atoms with E-state index in [0.29, 0.717) is 32.1 Å². The fourth-order valence-electron chi connectivity index (χ4n) is 11.2. The van der Waals surface area contributed by atoms with Gasteiger partial charge in [-0.1, -0.05) is 302 Å². The summed E-state index contributed by atoms with van der Waals surface area (Å²) in [5.74, 6) is -2.27. The van der Waals surface area contributed by atoms with E-state index < -0.39 is 97.5 Å². The van der Waals surface area contributed by atoms with Gasteiger partial charge in [-0.2, -0.15) is 0 Å². The standard InChI is InChI=1S/C91H154O17P2/c1-5-9-13-17-21-25-29-33-37-40-42-45-49-52-56-60-64-68-72-76-89(94)102-82-87(108-91(96)78-74-70-66-62-58-54-50-46-43-41-38-34-30-26-22-18-14-10-6-2)84-106-110(99,100)104-80-85(92)79-103-109(97,98)105-83-86(107-90(95)77-73-69-65-61-57-53-47-36-32-28-24-20-16-12-8-4)81-101-88(93)75-71-67-63-59-55-51-48-44-39-35-31-27-23-19-15-11-7-3/h11,15,21-23,25-27,33-39,42-43,45-48,51,59,63,85-87,92H,5-10,12-14,16-20,24,28-32,40-41,44,49-50,52-58,60-62,64-84H2,1-4H3,(H,97,98)(H,99,100)/b15-11-,25-21-,26-22-,27-23-,37-33-,38-34-,39-35-,45-42-,46-43-,47-36-,51-48-,63-59-. The maximum Gasteiger partial charge on any atom is 0.472 e. The number of hydrogen-bond donors (Lipinski definition) is 3. The summed E-state index contributed by atoms with van der Waals surface area (Å²) in [5.41, 5.74) is 0. The largest absolute Gasteiger partial charge is 0.472 e. The molecule has 0 amide bonds. The molecule has 0 aliphatic heterocycles. The Hall–Kier alpha value is -5.06. The van der Waals surface area contributed by atoms with Crippen LogP contribution >= 0.6 is 15.6 Å². The van der Waals surface area contributed by atoms with Crippen molar-refractivity contribution >= 4 is 39.5 Å². The quantitative estimate of drug-likeness (QED) is 0.0169. The first-order chi connectivity index (χ1) is 53.7. The first-order valence-corrected chi connectivity index (χ1v) is 46.1. The minimum atomic E-state index is -5.00. The van der Waals surface area contributed by atoms with Gasteiger partial charge < -0.3 is 33.8 Å². The van der Waals surface area contributed by atoms with Crippen LogP contribution in [0.4, 0.5) is 0 Å². The van der Waals surface area contributed by atoms with Crippen LogP contribution in [0.15, 0.2) is 146 Å². The monoisotopic (exact) mass is 1580 g/mol. The van der Waals surface area contributed by atoms with Crippen LogP contribution in [0, 0.1) is 0 Å². The molecule has 0 spiro atoms. The number of esters is 4. The highest BCUT2D eigenvalue weighted by Gasteiger charge is 2.30. The molecule has 5 atom stereocenters. The van der Waals surface area contributed by atoms with Gasteiger partial charge in [0.15, 0.2) is 12.2 Å². The Bertz CT molecular complexity index is 2650. The van der Waals surface area contributed by atoms with Gasteiger partial charge in [0.2, 0.25) is 0 Å². The third-order valence-corrected chi connectivity index (χ3v) is 19.7. The molecule has 3 N–H and O–H groups in total. The maximum atomic E-state index is 13.2. The van der Waals surface area contributed by atoms with Crippen molar-refractivity contribution in [3.63, 3.8) is 0 Å². The van der Waals surface area contributed by atoms with Crippen molar-refractivity contribution in [3.8, 4) is 0 Å². The molecule has 5 unspecified atom stereocenters. The predicted octanol–water partition coefficient (Wildman–Crippen LogP) is 25.8. The molecule has 0 aliphatic carbocycles. The zero-order valence-electron chi connectivity index (χ0n) is 69.1. The van der Waals surface area contributed by atoms with E-state index in [1.165, 1.54) is 77.0 Å². The topological polar surface area (TPSA) is 237 Å². The van der Waals surface area contributed by atoms with Crippen LogP contribution in [0.1, 0.15) is 349 Å². The van der Waals surface area contributed by atoms with Gasteiger partial charge >= 0.3 is 39.5 Å². The number of aliphatic hydroxyl groups excluding tert-OH is 1. The predicted molar refractivity (Wildman–Crippen MR) is 454 cm³/mol. The van der Waals surface area contributed by atoms with Crippen molar-refractivity contribution in [3.05, 3.63) is 146 Å². The summed E-state index contributed by atoms with van der Waals surface area (Å²) in [6.07, 6.45) is 95.2. The Morgan fingerprint density at radius 3 is 0.791 bits per heavy atom. The Morgan fingerprint density at radius 1 is 0.264 bits per heavy atom. The van der Waals surface area contributed by atoms with Gasteiger partial charge in [-0.25, -0.2) is 9.13 Å². The van der Waals surface area contributed by atoms with Gasteiger partial charge in [-0.3, -0.25) is 37.3 Å². The van der Waals surface area contributed by atoms with Gasteiger partial charge in [-0.15, -0.1) is 0 Å². The summed E-state index contributed by atoms with van der Waals surface area (Å²) in [6.45, 7) is 4.63. The first kappa shape index (κ1) is 105. The molecule has 0 aromatic heterocycles. The summed E-state index contributed by atoms with van der Waals surface area (Å²) in [6, 6.07) is 0. The molecule has 0 aromatic rings. The van der Waals surface area contributed by atoms with E-state index in [4.69, 9.17) is 37.0 Å². The molecule has 17 nitrogen and oxygen atoms in total. The molecule has 0 heterocycles. The molecule has 0 fully saturated rings. The van der Waals surface area contributed by atoms with Crippen molar-refractivity contribution in [1.82, 2.24) is 0 Å². The average molecular weight is 1580 g/mol. The van der Waals surface area contributed by atoms with Crippen molar-refractivity contribution in [2.45, 2.75) is 367 Å². The second-order valence-electron chi connectivity index (χ2n) is 28.4. The van der Waals surface area contributed by atoms with E-state index in [-0.39, 0.29) is 25.7 Å². The van der Waals surface area contributed by atoms with Crippen LogP contribution in [0.25, 0.3) is 0 Å². The van der Waals surface area contributed by atoms with Crippen molar-refractivity contribution in [2.24, 2.45) is 0 Å². The smallest absolute Gasteiger partial charge is 0.462 e. The third-order valence-electron chi connectivity index (χ3n) is 17.8. The normalized spacial score (nSPS) is 14.5. The minimum absolute atomic E-state index is 0.0694. The molecular formula is C91H154O17P2. The highest BCUT2D eigenvalue weighted by atomic mass is 31.2. The highest BCUT2D eigenvalue weighted by Crippen LogP contribution is 2.45. The Balaban J connectivity index is 5.46. The summed E-state index contributed by atoms with van der Waals surface area (Å²) >= 11 is 0. The second-order valence-corrected chi connectivity index (χ2v) is 31.3. The fourth-order valence-corrected chi connectivity index (χ4v) is 12.8. The van der Waals surface area contributed by atoms with Crippen LogP contribution in [-0.2, 0) is 65.4 Å². The molecule has 0 bridgehead atoms. The number of allylic oxidation sites excluding steroid dienone is 24. The number of ether oxygens (including phenoxy) is 4. The molecule has 0 aromatic carbocycles. The fraction of sp³-hybridized carbons (Fsp3) is 0.692. The van der Waals surface area contributed by atoms with Gasteiger partial charge in [0.1, 0.15) is 19.3 Å². The van der Waals surface area contributed by atoms with Gasteiger partial charge in [0, 0.05) is 25.7 Å². The highest BCUT2D eigenvalue weighted by molar-refractivity contribution is 7.47. The molecule has 630 valence electrons. The Kier molecular flexibility index (Phi) is 78.2. The lowest BCUT2D eigenvalue weighted by Crippen LogP contribution is -2.30. The van der Waals surface area contributed by atoms with Crippen LogP contribution in [0.2, 0.25) is 0 Å². The van der Waals surface area contributed by atoms with Crippen molar-refractivity contribution in [1.29, 1.82) is 0 Å². The number of carbonyl (C=O) groups is 4. The SMILES string of the molecule is CC/C=C\C/C=C\C/C=C\C/C=C\C/C=C\CCCC(=O)OCC(COP(=O)(O)OCC(O)COP(=O)(O)OCC(COC(=O)CCCCCCCC/C=C\C/C=C\C/C=C\CCCCC)OC(=O)CCCCCCCC/C=C\C/C=C\C/C=C\CCCCC)OC(=O)CCCCCCC/C=C\CCCCCCCC. The van der Waals surface area contributed by atoms with Crippen LogP contribution < -0.4 is 0 Å².